The van der Waals surface area contributed by atoms with Gasteiger partial charge in [-0.2, -0.15) is 0 Å². The summed E-state index contributed by atoms with van der Waals surface area (Å²) in [5.74, 6) is 0.323. The molecule has 1 saturated heterocycles. The average Bonchev–Trinajstić information content (AvgIpc) is 3.04. The minimum absolute atomic E-state index is 0.114. The Bertz CT molecular complexity index is 1060. The van der Waals surface area contributed by atoms with E-state index in [4.69, 9.17) is 17.0 Å². The third-order valence-corrected chi connectivity index (χ3v) is 6.74. The molecule has 0 spiro atoms. The predicted molar refractivity (Wildman–Crippen MR) is 124 cm³/mol. The molecular formula is C21H24N4O3S2. The van der Waals surface area contributed by atoms with Gasteiger partial charge in [0.25, 0.3) is 11.5 Å². The predicted octanol–water partition coefficient (Wildman–Crippen LogP) is 3.29. The zero-order valence-corrected chi connectivity index (χ0v) is 18.4. The van der Waals surface area contributed by atoms with Crippen LogP contribution in [0.4, 0.5) is 5.82 Å². The highest BCUT2D eigenvalue weighted by atomic mass is 32.2. The molecular weight excluding hydrogens is 420 g/mol. The number of methoxy groups -OCH3 is 1. The Labute approximate surface area is 184 Å². The van der Waals surface area contributed by atoms with Gasteiger partial charge in [0.1, 0.15) is 15.8 Å². The summed E-state index contributed by atoms with van der Waals surface area (Å²) < 4.78 is 7.15. The van der Waals surface area contributed by atoms with Crippen molar-refractivity contribution in [3.05, 3.63) is 45.2 Å². The molecule has 1 amide bonds. The summed E-state index contributed by atoms with van der Waals surface area (Å²) in [6.45, 7) is 0.967. The van der Waals surface area contributed by atoms with E-state index in [1.165, 1.54) is 22.6 Å². The Morgan fingerprint density at radius 1 is 1.30 bits per heavy atom. The molecule has 2 aliphatic rings. The number of rotatable bonds is 6. The number of fused-ring (bicyclic) bond motifs is 1. The van der Waals surface area contributed by atoms with Crippen molar-refractivity contribution in [2.24, 2.45) is 0 Å². The van der Waals surface area contributed by atoms with Crippen molar-refractivity contribution < 1.29 is 9.53 Å². The molecule has 0 bridgehead atoms. The van der Waals surface area contributed by atoms with Gasteiger partial charge in [-0.1, -0.05) is 49.3 Å². The highest BCUT2D eigenvalue weighted by Gasteiger charge is 2.37. The lowest BCUT2D eigenvalue weighted by Gasteiger charge is -2.29. The molecule has 1 aliphatic heterocycles. The maximum atomic E-state index is 13.2. The van der Waals surface area contributed by atoms with E-state index in [2.05, 4.69) is 10.3 Å². The molecule has 1 aliphatic carbocycles. The van der Waals surface area contributed by atoms with E-state index < -0.39 is 0 Å². The number of nitrogens with one attached hydrogen (secondary N) is 1. The second-order valence-electron chi connectivity index (χ2n) is 7.37. The number of thioether (sulfide) groups is 1. The lowest BCUT2D eigenvalue weighted by molar-refractivity contribution is -0.124. The van der Waals surface area contributed by atoms with Gasteiger partial charge in [0, 0.05) is 25.9 Å². The standard InChI is InChI=1S/C21H24N4O3S2/c1-28-12-10-22-18-15(19(26)24-11-6-5-9-17(24)23-18)13-16-20(27)25(21(29)30-16)14-7-3-2-4-8-14/h5-6,9,11,13-14,22H,2-4,7-8,10,12H2,1H3. The maximum Gasteiger partial charge on any atom is 0.267 e. The lowest BCUT2D eigenvalue weighted by atomic mass is 9.94. The van der Waals surface area contributed by atoms with Crippen molar-refractivity contribution in [2.75, 3.05) is 25.6 Å². The summed E-state index contributed by atoms with van der Waals surface area (Å²) in [5, 5.41) is 3.16. The summed E-state index contributed by atoms with van der Waals surface area (Å²) >= 11 is 6.78. The van der Waals surface area contributed by atoms with Crippen LogP contribution < -0.4 is 10.9 Å². The Kier molecular flexibility index (Phi) is 6.50. The quantitative estimate of drug-likeness (QED) is 0.416. The van der Waals surface area contributed by atoms with Gasteiger partial charge < -0.3 is 10.1 Å². The second kappa shape index (κ2) is 9.28. The summed E-state index contributed by atoms with van der Waals surface area (Å²) in [7, 11) is 1.61. The Morgan fingerprint density at radius 2 is 2.10 bits per heavy atom. The van der Waals surface area contributed by atoms with E-state index >= 15 is 0 Å². The Morgan fingerprint density at radius 3 is 2.87 bits per heavy atom. The highest BCUT2D eigenvalue weighted by Crippen LogP contribution is 2.37. The molecule has 4 rings (SSSR count). The van der Waals surface area contributed by atoms with Crippen LogP contribution in [-0.2, 0) is 9.53 Å². The monoisotopic (exact) mass is 444 g/mol. The number of thiocarbonyl (C=S) groups is 1. The van der Waals surface area contributed by atoms with Crippen molar-refractivity contribution >= 4 is 51.7 Å². The van der Waals surface area contributed by atoms with Crippen LogP contribution in [0.15, 0.2) is 34.1 Å². The van der Waals surface area contributed by atoms with Crippen molar-refractivity contribution in [2.45, 2.75) is 38.1 Å². The first kappa shape index (κ1) is 21.0. The molecule has 3 heterocycles. The van der Waals surface area contributed by atoms with Gasteiger partial charge in [-0.25, -0.2) is 4.98 Å². The van der Waals surface area contributed by atoms with Gasteiger partial charge in [-0.3, -0.25) is 18.9 Å². The van der Waals surface area contributed by atoms with E-state index in [9.17, 15) is 9.59 Å². The van der Waals surface area contributed by atoms with E-state index in [1.54, 1.807) is 36.4 Å². The Hall–Kier alpha value is -2.23. The molecule has 158 valence electrons. The van der Waals surface area contributed by atoms with Crippen LogP contribution in [0.25, 0.3) is 11.7 Å². The zero-order chi connectivity index (χ0) is 21.1. The highest BCUT2D eigenvalue weighted by molar-refractivity contribution is 8.26. The first-order valence-corrected chi connectivity index (χ1v) is 11.3. The van der Waals surface area contributed by atoms with Crippen molar-refractivity contribution in [1.82, 2.24) is 14.3 Å². The topological polar surface area (TPSA) is 75.9 Å². The summed E-state index contributed by atoms with van der Waals surface area (Å²) in [5.41, 5.74) is 0.650. The second-order valence-corrected chi connectivity index (χ2v) is 9.05. The SMILES string of the molecule is COCCNc1nc2ccccn2c(=O)c1C=C1SC(=S)N(C2CCCCC2)C1=O. The fraction of sp³-hybridized carbons (Fsp3) is 0.429. The third-order valence-electron chi connectivity index (χ3n) is 5.41. The fourth-order valence-electron chi connectivity index (χ4n) is 3.90. The molecule has 0 radical (unpaired) electrons. The van der Waals surface area contributed by atoms with Gasteiger partial charge in [-0.05, 0) is 31.1 Å². The van der Waals surface area contributed by atoms with Gasteiger partial charge >= 0.3 is 0 Å². The largest absolute Gasteiger partial charge is 0.383 e. The molecule has 7 nitrogen and oxygen atoms in total. The van der Waals surface area contributed by atoms with Crippen LogP contribution in [-0.4, -0.2) is 50.8 Å². The smallest absolute Gasteiger partial charge is 0.267 e. The number of anilines is 1. The average molecular weight is 445 g/mol. The molecule has 9 heteroatoms. The molecule has 0 unspecified atom stereocenters. The van der Waals surface area contributed by atoms with Crippen LogP contribution in [0.2, 0.25) is 0 Å². The zero-order valence-electron chi connectivity index (χ0n) is 16.8. The van der Waals surface area contributed by atoms with E-state index in [0.717, 1.165) is 25.7 Å². The van der Waals surface area contributed by atoms with Crippen LogP contribution in [0.5, 0.6) is 0 Å². The van der Waals surface area contributed by atoms with Crippen LogP contribution in [0.1, 0.15) is 37.7 Å². The van der Waals surface area contributed by atoms with E-state index in [0.29, 0.717) is 39.4 Å². The lowest BCUT2D eigenvalue weighted by Crippen LogP contribution is -2.39. The molecule has 1 N–H and O–H groups in total. The molecule has 1 saturated carbocycles. The van der Waals surface area contributed by atoms with Crippen LogP contribution >= 0.6 is 24.0 Å². The van der Waals surface area contributed by atoms with Crippen LogP contribution in [0, 0.1) is 0 Å². The number of pyridine rings is 1. The van der Waals surface area contributed by atoms with E-state index in [-0.39, 0.29) is 17.5 Å². The summed E-state index contributed by atoms with van der Waals surface area (Å²) in [6, 6.07) is 5.54. The number of amides is 1. The van der Waals surface area contributed by atoms with Gasteiger partial charge in [0.15, 0.2) is 0 Å². The number of carbonyl (C=O) groups is 1. The number of aromatic nitrogens is 2. The molecule has 0 atom stereocenters. The number of hydrogen-bond acceptors (Lipinski definition) is 7. The minimum atomic E-state index is -0.233. The fourth-order valence-corrected chi connectivity index (χ4v) is 5.29. The molecule has 0 aromatic carbocycles. The van der Waals surface area contributed by atoms with Crippen molar-refractivity contribution in [3.63, 3.8) is 0 Å². The maximum absolute atomic E-state index is 13.2. The van der Waals surface area contributed by atoms with Crippen LogP contribution in [0.3, 0.4) is 0 Å². The normalized spacial score (nSPS) is 19.2. The summed E-state index contributed by atoms with van der Waals surface area (Å²) in [6.07, 6.45) is 8.69. The van der Waals surface area contributed by atoms with Gasteiger partial charge in [0.2, 0.25) is 0 Å². The Balaban J connectivity index is 1.72. The number of hydrogen-bond donors (Lipinski definition) is 1. The minimum Gasteiger partial charge on any atom is -0.383 e. The van der Waals surface area contributed by atoms with Crippen molar-refractivity contribution in [1.29, 1.82) is 0 Å². The third kappa shape index (κ3) is 4.14. The molecule has 2 fully saturated rings. The number of carbonyl (C=O) groups excluding carboxylic acids is 1. The van der Waals surface area contributed by atoms with E-state index in [1.807, 2.05) is 6.07 Å². The number of nitrogens with zero attached hydrogens (tertiary/aromatic N) is 3. The number of ether oxygens (including phenoxy) is 1. The van der Waals surface area contributed by atoms with Gasteiger partial charge in [0.05, 0.1) is 17.1 Å². The van der Waals surface area contributed by atoms with Crippen molar-refractivity contribution in [3.8, 4) is 0 Å². The molecule has 2 aromatic rings. The molecule has 30 heavy (non-hydrogen) atoms. The first-order chi connectivity index (χ1) is 14.6. The molecule has 2 aromatic heterocycles. The summed E-state index contributed by atoms with van der Waals surface area (Å²) in [4.78, 5) is 33.1. The first-order valence-electron chi connectivity index (χ1n) is 10.1. The van der Waals surface area contributed by atoms with Gasteiger partial charge in [-0.15, -0.1) is 0 Å².